The summed E-state index contributed by atoms with van der Waals surface area (Å²) in [5, 5.41) is 5.10. The van der Waals surface area contributed by atoms with Gasteiger partial charge in [-0.25, -0.2) is 0 Å². The number of hydrogen-bond acceptors (Lipinski definition) is 4. The molecule has 6 heteroatoms. The zero-order valence-electron chi connectivity index (χ0n) is 9.06. The second-order valence-corrected chi connectivity index (χ2v) is 4.28. The van der Waals surface area contributed by atoms with E-state index in [9.17, 15) is 4.79 Å². The Hall–Kier alpha value is -0.780. The van der Waals surface area contributed by atoms with E-state index in [1.54, 1.807) is 7.11 Å². The number of methoxy groups -OCH3 is 1. The van der Waals surface area contributed by atoms with Crippen molar-refractivity contribution in [2.45, 2.75) is 0 Å². The van der Waals surface area contributed by atoms with Gasteiger partial charge in [-0.05, 0) is 11.4 Å². The number of amides is 1. The Morgan fingerprint density at radius 3 is 2.81 bits per heavy atom. The van der Waals surface area contributed by atoms with Crippen molar-refractivity contribution in [3.63, 3.8) is 0 Å². The third-order valence-corrected chi connectivity index (χ3v) is 3.33. The maximum absolute atomic E-state index is 12.1. The maximum Gasteiger partial charge on any atom is 0.267 e. The zero-order valence-corrected chi connectivity index (χ0v) is 10.7. The molecule has 4 nitrogen and oxygen atoms in total. The summed E-state index contributed by atoms with van der Waals surface area (Å²) in [6.07, 6.45) is 0. The molecule has 1 fully saturated rings. The summed E-state index contributed by atoms with van der Waals surface area (Å²) in [4.78, 5) is 14.6. The summed E-state index contributed by atoms with van der Waals surface area (Å²) in [6, 6.07) is 1.83. The van der Waals surface area contributed by atoms with Gasteiger partial charge < -0.3 is 15.0 Å². The number of hydrogen-bond donors (Lipinski definition) is 1. The molecule has 0 spiro atoms. The first-order chi connectivity index (χ1) is 7.33. The molecule has 2 rings (SSSR count). The molecule has 0 saturated carbocycles. The Labute approximate surface area is 105 Å². The largest absolute Gasteiger partial charge is 0.495 e. The second-order valence-electron chi connectivity index (χ2n) is 3.36. The van der Waals surface area contributed by atoms with Crippen LogP contribution in [-0.4, -0.2) is 44.1 Å². The summed E-state index contributed by atoms with van der Waals surface area (Å²) >= 11 is 1.44. The summed E-state index contributed by atoms with van der Waals surface area (Å²) in [7, 11) is 1.59. The first kappa shape index (κ1) is 13.3. The smallest absolute Gasteiger partial charge is 0.267 e. The summed E-state index contributed by atoms with van der Waals surface area (Å²) < 4.78 is 5.14. The van der Waals surface area contributed by atoms with E-state index in [0.717, 1.165) is 26.2 Å². The van der Waals surface area contributed by atoms with Crippen molar-refractivity contribution in [1.82, 2.24) is 10.2 Å². The van der Waals surface area contributed by atoms with E-state index in [1.807, 2.05) is 16.3 Å². The van der Waals surface area contributed by atoms with Crippen LogP contribution in [0.5, 0.6) is 5.75 Å². The predicted molar refractivity (Wildman–Crippen MR) is 66.9 cm³/mol. The molecule has 1 amide bonds. The van der Waals surface area contributed by atoms with E-state index in [0.29, 0.717) is 10.6 Å². The average Bonchev–Trinajstić information content (AvgIpc) is 2.77. The molecule has 1 aromatic rings. The molecule has 0 radical (unpaired) electrons. The third kappa shape index (κ3) is 2.66. The molecule has 1 aliphatic rings. The maximum atomic E-state index is 12.1. The van der Waals surface area contributed by atoms with Gasteiger partial charge >= 0.3 is 0 Å². The Morgan fingerprint density at radius 2 is 2.19 bits per heavy atom. The molecular formula is C10H15ClN2O2S. The van der Waals surface area contributed by atoms with Crippen LogP contribution in [0.25, 0.3) is 0 Å². The topological polar surface area (TPSA) is 41.6 Å². The molecule has 1 aliphatic heterocycles. The number of ether oxygens (including phenoxy) is 1. The molecule has 16 heavy (non-hydrogen) atoms. The van der Waals surface area contributed by atoms with E-state index in [2.05, 4.69) is 5.32 Å². The second kappa shape index (κ2) is 6.08. The summed E-state index contributed by atoms with van der Waals surface area (Å²) in [6.45, 7) is 3.30. The number of carbonyl (C=O) groups is 1. The third-order valence-electron chi connectivity index (χ3n) is 2.45. The van der Waals surface area contributed by atoms with E-state index < -0.39 is 0 Å². The molecule has 1 saturated heterocycles. The standard InChI is InChI=1S/C10H14N2O2S.ClH/c1-14-8-2-7-15-9(8)10(13)12-5-3-11-4-6-12;/h2,7,11H,3-6H2,1H3;1H. The fourth-order valence-corrected chi connectivity index (χ4v) is 2.45. The Balaban J connectivity index is 0.00000128. The fraction of sp³-hybridized carbons (Fsp3) is 0.500. The highest BCUT2D eigenvalue weighted by atomic mass is 35.5. The Bertz CT molecular complexity index is 350. The molecule has 0 unspecified atom stereocenters. The van der Waals surface area contributed by atoms with Gasteiger partial charge in [0.2, 0.25) is 0 Å². The van der Waals surface area contributed by atoms with Crippen LogP contribution in [0.3, 0.4) is 0 Å². The van der Waals surface area contributed by atoms with Crippen LogP contribution < -0.4 is 10.1 Å². The van der Waals surface area contributed by atoms with Crippen LogP contribution in [0.4, 0.5) is 0 Å². The van der Waals surface area contributed by atoms with E-state index in [4.69, 9.17) is 4.74 Å². The van der Waals surface area contributed by atoms with Crippen LogP contribution in [0, 0.1) is 0 Å². The number of halogens is 1. The molecule has 2 heterocycles. The number of rotatable bonds is 2. The lowest BCUT2D eigenvalue weighted by molar-refractivity contribution is 0.0737. The number of nitrogens with zero attached hydrogens (tertiary/aromatic N) is 1. The number of carbonyl (C=O) groups excluding carboxylic acids is 1. The lowest BCUT2D eigenvalue weighted by Gasteiger charge is -2.27. The molecule has 1 aromatic heterocycles. The molecule has 0 aliphatic carbocycles. The van der Waals surface area contributed by atoms with E-state index >= 15 is 0 Å². The van der Waals surface area contributed by atoms with E-state index in [-0.39, 0.29) is 18.3 Å². The van der Waals surface area contributed by atoms with Crippen molar-refractivity contribution in [2.24, 2.45) is 0 Å². The highest BCUT2D eigenvalue weighted by molar-refractivity contribution is 7.12. The van der Waals surface area contributed by atoms with Crippen molar-refractivity contribution in [3.05, 3.63) is 16.3 Å². The lowest BCUT2D eigenvalue weighted by atomic mass is 10.3. The Kier molecular flexibility index (Phi) is 5.05. The van der Waals surface area contributed by atoms with E-state index in [1.165, 1.54) is 11.3 Å². The predicted octanol–water partition coefficient (Wildman–Crippen LogP) is 1.22. The molecular weight excluding hydrogens is 248 g/mol. The van der Waals surface area contributed by atoms with Gasteiger partial charge in [-0.15, -0.1) is 23.7 Å². The minimum atomic E-state index is 0. The first-order valence-corrected chi connectivity index (χ1v) is 5.82. The molecule has 0 aromatic carbocycles. The van der Waals surface area contributed by atoms with Gasteiger partial charge in [0.15, 0.2) is 0 Å². The SMILES string of the molecule is COc1ccsc1C(=O)N1CCNCC1.Cl. The molecule has 0 bridgehead atoms. The van der Waals surface area contributed by atoms with Crippen LogP contribution in [0.1, 0.15) is 9.67 Å². The van der Waals surface area contributed by atoms with Crippen LogP contribution in [-0.2, 0) is 0 Å². The van der Waals surface area contributed by atoms with Crippen molar-refractivity contribution >= 4 is 29.7 Å². The molecule has 1 N–H and O–H groups in total. The summed E-state index contributed by atoms with van der Waals surface area (Å²) in [5.41, 5.74) is 0. The van der Waals surface area contributed by atoms with Gasteiger partial charge in [-0.1, -0.05) is 0 Å². The number of nitrogens with one attached hydrogen (secondary N) is 1. The molecule has 90 valence electrons. The van der Waals surface area contributed by atoms with Crippen molar-refractivity contribution in [2.75, 3.05) is 33.3 Å². The quantitative estimate of drug-likeness (QED) is 0.872. The highest BCUT2D eigenvalue weighted by Crippen LogP contribution is 2.25. The van der Waals surface area contributed by atoms with Gasteiger partial charge in [0, 0.05) is 26.2 Å². The van der Waals surface area contributed by atoms with Crippen LogP contribution in [0.2, 0.25) is 0 Å². The number of piperazine rings is 1. The summed E-state index contributed by atoms with van der Waals surface area (Å²) in [5.74, 6) is 0.770. The van der Waals surface area contributed by atoms with Gasteiger partial charge in [-0.2, -0.15) is 0 Å². The van der Waals surface area contributed by atoms with Gasteiger partial charge in [0.05, 0.1) is 7.11 Å². The van der Waals surface area contributed by atoms with Crippen LogP contribution >= 0.6 is 23.7 Å². The first-order valence-electron chi connectivity index (χ1n) is 4.94. The van der Waals surface area contributed by atoms with Crippen LogP contribution in [0.15, 0.2) is 11.4 Å². The normalized spacial score (nSPS) is 15.4. The van der Waals surface area contributed by atoms with Gasteiger partial charge in [-0.3, -0.25) is 4.79 Å². The fourth-order valence-electron chi connectivity index (χ4n) is 1.63. The zero-order chi connectivity index (χ0) is 10.7. The van der Waals surface area contributed by atoms with Crippen molar-refractivity contribution in [1.29, 1.82) is 0 Å². The Morgan fingerprint density at radius 1 is 1.50 bits per heavy atom. The minimum absolute atomic E-state index is 0. The van der Waals surface area contributed by atoms with Crippen molar-refractivity contribution in [3.8, 4) is 5.75 Å². The minimum Gasteiger partial charge on any atom is -0.495 e. The highest BCUT2D eigenvalue weighted by Gasteiger charge is 2.21. The lowest BCUT2D eigenvalue weighted by Crippen LogP contribution is -2.46. The average molecular weight is 263 g/mol. The molecule has 0 atom stereocenters. The monoisotopic (exact) mass is 262 g/mol. The van der Waals surface area contributed by atoms with Gasteiger partial charge in [0.25, 0.3) is 5.91 Å². The van der Waals surface area contributed by atoms with Crippen molar-refractivity contribution < 1.29 is 9.53 Å². The number of thiophene rings is 1. The van der Waals surface area contributed by atoms with Gasteiger partial charge in [0.1, 0.15) is 10.6 Å².